The minimum Gasteiger partial charge on any atom is -0.477 e. The molecule has 0 unspecified atom stereocenters. The van der Waals surface area contributed by atoms with Crippen LogP contribution in [0.2, 0.25) is 0 Å². The second kappa shape index (κ2) is 4.72. The van der Waals surface area contributed by atoms with Gasteiger partial charge in [0.15, 0.2) is 0 Å². The topological polar surface area (TPSA) is 59.3 Å². The lowest BCUT2D eigenvalue weighted by molar-refractivity contribution is 0.0694. The van der Waals surface area contributed by atoms with E-state index in [2.05, 4.69) is 0 Å². The second-order valence-corrected chi connectivity index (χ2v) is 4.65. The molecule has 4 heteroatoms. The number of carboxylic acids is 1. The summed E-state index contributed by atoms with van der Waals surface area (Å²) in [6, 6.07) is 6.84. The van der Waals surface area contributed by atoms with Gasteiger partial charge in [-0.2, -0.15) is 0 Å². The van der Waals surface area contributed by atoms with Crippen molar-refractivity contribution in [3.8, 4) is 5.69 Å². The molecule has 0 aliphatic carbocycles. The van der Waals surface area contributed by atoms with Crippen molar-refractivity contribution in [2.45, 2.75) is 20.8 Å². The Bertz CT molecular complexity index is 691. The Morgan fingerprint density at radius 1 is 1.16 bits per heavy atom. The Kier molecular flexibility index (Phi) is 3.25. The molecule has 0 fully saturated rings. The lowest BCUT2D eigenvalue weighted by Crippen LogP contribution is -2.25. The van der Waals surface area contributed by atoms with Gasteiger partial charge in [-0.1, -0.05) is 17.7 Å². The van der Waals surface area contributed by atoms with Crippen LogP contribution in [-0.4, -0.2) is 15.6 Å². The van der Waals surface area contributed by atoms with E-state index in [1.54, 1.807) is 12.3 Å². The first-order valence-electron chi connectivity index (χ1n) is 5.95. The van der Waals surface area contributed by atoms with Crippen molar-refractivity contribution in [1.82, 2.24) is 4.57 Å². The summed E-state index contributed by atoms with van der Waals surface area (Å²) in [5, 5.41) is 9.01. The van der Waals surface area contributed by atoms with Gasteiger partial charge in [-0.05, 0) is 44.0 Å². The smallest absolute Gasteiger partial charge is 0.341 e. The number of carboxylic acid groups (broad SMARTS) is 1. The van der Waals surface area contributed by atoms with Crippen molar-refractivity contribution in [1.29, 1.82) is 0 Å². The summed E-state index contributed by atoms with van der Waals surface area (Å²) in [4.78, 5) is 23.2. The number of hydrogen-bond acceptors (Lipinski definition) is 2. The molecule has 0 aliphatic rings. The Hall–Kier alpha value is -2.36. The van der Waals surface area contributed by atoms with Crippen molar-refractivity contribution >= 4 is 5.97 Å². The molecule has 0 radical (unpaired) electrons. The lowest BCUT2D eigenvalue weighted by atomic mass is 10.0. The van der Waals surface area contributed by atoms with Crippen LogP contribution in [0.1, 0.15) is 27.0 Å². The molecular formula is C15H15NO3. The standard InChI is InChI=1S/C15H15NO3/c1-9-7-10(2)13(11(3)8-9)16-6-4-5-12(14(16)17)15(18)19/h4-8H,1-3H3,(H,18,19). The normalized spacial score (nSPS) is 10.5. The van der Waals surface area contributed by atoms with E-state index in [0.717, 1.165) is 22.4 Å². The molecule has 0 amide bonds. The van der Waals surface area contributed by atoms with Crippen LogP contribution in [0.25, 0.3) is 5.69 Å². The van der Waals surface area contributed by atoms with E-state index in [1.807, 2.05) is 32.9 Å². The van der Waals surface area contributed by atoms with E-state index >= 15 is 0 Å². The highest BCUT2D eigenvalue weighted by Crippen LogP contribution is 2.19. The Morgan fingerprint density at radius 2 is 1.74 bits per heavy atom. The van der Waals surface area contributed by atoms with Crippen LogP contribution in [0, 0.1) is 20.8 Å². The predicted molar refractivity (Wildman–Crippen MR) is 73.2 cm³/mol. The van der Waals surface area contributed by atoms with Gasteiger partial charge in [-0.15, -0.1) is 0 Å². The van der Waals surface area contributed by atoms with Crippen LogP contribution in [0.4, 0.5) is 0 Å². The molecule has 98 valence electrons. The molecule has 2 rings (SSSR count). The summed E-state index contributed by atoms with van der Waals surface area (Å²) in [6.07, 6.45) is 1.60. The monoisotopic (exact) mass is 257 g/mol. The van der Waals surface area contributed by atoms with Gasteiger partial charge >= 0.3 is 5.97 Å². The largest absolute Gasteiger partial charge is 0.477 e. The molecular weight excluding hydrogens is 242 g/mol. The van der Waals surface area contributed by atoms with Gasteiger partial charge in [0.25, 0.3) is 5.56 Å². The minimum atomic E-state index is -1.21. The van der Waals surface area contributed by atoms with E-state index in [1.165, 1.54) is 10.6 Å². The zero-order valence-corrected chi connectivity index (χ0v) is 11.1. The van der Waals surface area contributed by atoms with Gasteiger partial charge < -0.3 is 5.11 Å². The molecule has 0 spiro atoms. The average molecular weight is 257 g/mol. The van der Waals surface area contributed by atoms with E-state index in [0.29, 0.717) is 0 Å². The van der Waals surface area contributed by atoms with Gasteiger partial charge in [0.2, 0.25) is 0 Å². The van der Waals surface area contributed by atoms with Crippen LogP contribution >= 0.6 is 0 Å². The SMILES string of the molecule is Cc1cc(C)c(-n2cccc(C(=O)O)c2=O)c(C)c1. The maximum atomic E-state index is 12.2. The number of aryl methyl sites for hydroxylation is 3. The molecule has 1 N–H and O–H groups in total. The summed E-state index contributed by atoms with van der Waals surface area (Å²) in [5.74, 6) is -1.21. The molecule has 2 aromatic rings. The van der Waals surface area contributed by atoms with Crippen LogP contribution < -0.4 is 5.56 Å². The highest BCUT2D eigenvalue weighted by molar-refractivity contribution is 5.87. The van der Waals surface area contributed by atoms with E-state index in [4.69, 9.17) is 5.11 Å². The Morgan fingerprint density at radius 3 is 2.26 bits per heavy atom. The first kappa shape index (κ1) is 13.1. The van der Waals surface area contributed by atoms with Crippen LogP contribution in [0.5, 0.6) is 0 Å². The molecule has 0 saturated carbocycles. The number of rotatable bonds is 2. The van der Waals surface area contributed by atoms with Crippen molar-refractivity contribution in [3.63, 3.8) is 0 Å². The third kappa shape index (κ3) is 2.29. The molecule has 1 aromatic carbocycles. The molecule has 0 atom stereocenters. The molecule has 19 heavy (non-hydrogen) atoms. The third-order valence-electron chi connectivity index (χ3n) is 3.05. The highest BCUT2D eigenvalue weighted by atomic mass is 16.4. The summed E-state index contributed by atoms with van der Waals surface area (Å²) in [6.45, 7) is 5.81. The molecule has 4 nitrogen and oxygen atoms in total. The number of hydrogen-bond donors (Lipinski definition) is 1. The molecule has 0 aliphatic heterocycles. The van der Waals surface area contributed by atoms with Gasteiger partial charge in [0.1, 0.15) is 5.56 Å². The summed E-state index contributed by atoms with van der Waals surface area (Å²) in [7, 11) is 0. The number of aromatic carboxylic acids is 1. The van der Waals surface area contributed by atoms with Gasteiger partial charge in [-0.25, -0.2) is 4.79 Å². The van der Waals surface area contributed by atoms with Crippen LogP contribution in [0.15, 0.2) is 35.3 Å². The first-order chi connectivity index (χ1) is 8.91. The van der Waals surface area contributed by atoms with E-state index in [9.17, 15) is 9.59 Å². The minimum absolute atomic E-state index is 0.220. The molecule has 1 aromatic heterocycles. The van der Waals surface area contributed by atoms with Crippen molar-refractivity contribution in [3.05, 3.63) is 63.1 Å². The zero-order chi connectivity index (χ0) is 14.2. The number of benzene rings is 1. The van der Waals surface area contributed by atoms with Crippen molar-refractivity contribution < 1.29 is 9.90 Å². The fourth-order valence-corrected chi connectivity index (χ4v) is 2.39. The average Bonchev–Trinajstić information content (AvgIpc) is 2.29. The van der Waals surface area contributed by atoms with Crippen LogP contribution in [0.3, 0.4) is 0 Å². The predicted octanol–water partition coefficient (Wildman–Crippen LogP) is 2.46. The number of pyridine rings is 1. The van der Waals surface area contributed by atoms with E-state index in [-0.39, 0.29) is 5.56 Å². The second-order valence-electron chi connectivity index (χ2n) is 4.65. The molecule has 0 saturated heterocycles. The van der Waals surface area contributed by atoms with Gasteiger partial charge in [0.05, 0.1) is 5.69 Å². The number of aromatic nitrogens is 1. The first-order valence-corrected chi connectivity index (χ1v) is 5.95. The molecule has 0 bridgehead atoms. The summed E-state index contributed by atoms with van der Waals surface area (Å²) >= 11 is 0. The number of nitrogens with zero attached hydrogens (tertiary/aromatic N) is 1. The van der Waals surface area contributed by atoms with E-state index < -0.39 is 11.5 Å². The fraction of sp³-hybridized carbons (Fsp3) is 0.200. The van der Waals surface area contributed by atoms with Crippen molar-refractivity contribution in [2.75, 3.05) is 0 Å². The summed E-state index contributed by atoms with van der Waals surface area (Å²) in [5.41, 5.74) is 3.02. The Labute approximate surface area is 110 Å². The number of carbonyl (C=O) groups is 1. The summed E-state index contributed by atoms with van der Waals surface area (Å²) < 4.78 is 1.40. The van der Waals surface area contributed by atoms with Crippen LogP contribution in [-0.2, 0) is 0 Å². The lowest BCUT2D eigenvalue weighted by Gasteiger charge is -2.14. The fourth-order valence-electron chi connectivity index (χ4n) is 2.39. The van der Waals surface area contributed by atoms with Gasteiger partial charge in [0, 0.05) is 6.20 Å². The van der Waals surface area contributed by atoms with Crippen molar-refractivity contribution in [2.24, 2.45) is 0 Å². The highest BCUT2D eigenvalue weighted by Gasteiger charge is 2.13. The zero-order valence-electron chi connectivity index (χ0n) is 11.1. The third-order valence-corrected chi connectivity index (χ3v) is 3.05. The molecule has 1 heterocycles. The quantitative estimate of drug-likeness (QED) is 0.899. The maximum absolute atomic E-state index is 12.2. The van der Waals surface area contributed by atoms with Gasteiger partial charge in [-0.3, -0.25) is 9.36 Å². The maximum Gasteiger partial charge on any atom is 0.341 e. The Balaban J connectivity index is 2.77.